The van der Waals surface area contributed by atoms with Crippen molar-refractivity contribution in [3.05, 3.63) is 47.7 Å². The number of benzene rings is 1. The highest BCUT2D eigenvalue weighted by atomic mass is 16.5. The second kappa shape index (κ2) is 30.1. The Bertz CT molecular complexity index is 2640. The average Bonchev–Trinajstić information content (AvgIpc) is 2.64. The first-order valence-corrected chi connectivity index (χ1v) is 29.4. The maximum absolute atomic E-state index is 14.4. The van der Waals surface area contributed by atoms with Gasteiger partial charge in [0, 0.05) is 39.4 Å². The fourth-order valence-electron chi connectivity index (χ4n) is 10.2. The van der Waals surface area contributed by atoms with Crippen molar-refractivity contribution >= 4 is 59.1 Å². The van der Waals surface area contributed by atoms with Crippen LogP contribution in [0, 0.1) is 24.7 Å². The number of hydrogen-bond acceptors (Lipinski definition) is 14. The molecule has 0 spiro atoms. The van der Waals surface area contributed by atoms with Gasteiger partial charge >= 0.3 is 0 Å². The van der Waals surface area contributed by atoms with E-state index in [1.807, 2.05) is 60.5 Å². The van der Waals surface area contributed by atoms with Crippen LogP contribution in [0.1, 0.15) is 163 Å². The van der Waals surface area contributed by atoms with Crippen LogP contribution in [0.25, 0.3) is 0 Å². The number of likely N-dealkylation sites (tertiary alicyclic amines) is 1. The number of carbonyl (C=O) groups is 10. The number of aromatic nitrogens is 1. The molecule has 1 aromatic carbocycles. The van der Waals surface area contributed by atoms with Gasteiger partial charge in [0.2, 0.25) is 53.2 Å². The van der Waals surface area contributed by atoms with Gasteiger partial charge in [0.05, 0.1) is 12.6 Å². The van der Waals surface area contributed by atoms with Gasteiger partial charge in [-0.05, 0) is 142 Å². The van der Waals surface area contributed by atoms with Crippen LogP contribution in [-0.2, 0) is 49.6 Å². The van der Waals surface area contributed by atoms with Gasteiger partial charge in [-0.1, -0.05) is 53.7 Å². The first kappa shape index (κ1) is 69.4. The third kappa shape index (κ3) is 20.6. The van der Waals surface area contributed by atoms with Crippen molar-refractivity contribution in [2.24, 2.45) is 17.8 Å². The van der Waals surface area contributed by atoms with Crippen molar-refractivity contribution in [2.45, 2.75) is 207 Å². The number of hydrogen-bond donors (Lipinski definition) is 9. The van der Waals surface area contributed by atoms with Crippen LogP contribution in [0.15, 0.2) is 34.9 Å². The third-order valence-corrected chi connectivity index (χ3v) is 14.9. The standard InChI is InChI=1S/C60H96N12O12/c1-35(2)29-41(48(74)63-43(31-37(5)6)51(77)69-59(12,13)56(82)70-57(8,9)54(80)61-27-24-47(73)67-60(25-18-26-60)34-71(14)15)66-55(81)58(10,11)68-50(76)42(30-36(3)4)64-49(75)44(32-39-20-22-40(83-16)23-21-39)65-52(78)46-19-17-28-72(46)53(79)45-33-84-38(7)62-45/h20-23,33,35-37,41-44,46H,17-19,24-32,34H2,1-16H3,(H,61,80)(H,63,74)(H,64,75)(H,65,78)(H,66,81)(H,67,73)(H,68,76)(H,69,77)(H,70,82)/t41-,42-,43-,44-,46-/m0/s1. The summed E-state index contributed by atoms with van der Waals surface area (Å²) < 4.78 is 10.6. The van der Waals surface area contributed by atoms with Crippen LogP contribution < -0.4 is 52.6 Å². The summed E-state index contributed by atoms with van der Waals surface area (Å²) in [5, 5.41) is 25.3. The fraction of sp³-hybridized carbons (Fsp3) is 0.683. The van der Waals surface area contributed by atoms with Crippen molar-refractivity contribution < 1.29 is 57.1 Å². The number of nitrogens with one attached hydrogen (secondary N) is 9. The summed E-state index contributed by atoms with van der Waals surface area (Å²) in [6.07, 6.45) is 5.34. The topological polar surface area (TPSA) is 321 Å². The Labute approximate surface area is 495 Å². The van der Waals surface area contributed by atoms with E-state index in [4.69, 9.17) is 9.15 Å². The monoisotopic (exact) mass is 1180 g/mol. The fourth-order valence-corrected chi connectivity index (χ4v) is 10.2. The highest BCUT2D eigenvalue weighted by molar-refractivity contribution is 6.01. The van der Waals surface area contributed by atoms with Crippen molar-refractivity contribution in [2.75, 3.05) is 40.8 Å². The van der Waals surface area contributed by atoms with Gasteiger partial charge in [-0.3, -0.25) is 47.9 Å². The van der Waals surface area contributed by atoms with E-state index in [1.54, 1.807) is 31.2 Å². The molecule has 10 amide bonds. The molecule has 24 heteroatoms. The molecule has 1 aromatic heterocycles. The minimum absolute atomic E-state index is 0.00179. The van der Waals surface area contributed by atoms with E-state index in [1.165, 1.54) is 59.8 Å². The molecule has 2 aromatic rings. The lowest BCUT2D eigenvalue weighted by molar-refractivity contribution is -0.139. The Morgan fingerprint density at radius 1 is 0.679 bits per heavy atom. The quantitative estimate of drug-likeness (QED) is 0.0525. The Kier molecular flexibility index (Phi) is 24.9. The molecule has 24 nitrogen and oxygen atoms in total. The molecule has 2 aliphatic rings. The number of ether oxygens (including phenoxy) is 1. The largest absolute Gasteiger partial charge is 0.497 e. The number of methoxy groups -OCH3 is 1. The molecular formula is C60H96N12O12. The molecule has 4 rings (SSSR count). The lowest BCUT2D eigenvalue weighted by Gasteiger charge is -2.44. The van der Waals surface area contributed by atoms with Gasteiger partial charge in [0.15, 0.2) is 11.6 Å². The van der Waals surface area contributed by atoms with Gasteiger partial charge in [-0.25, -0.2) is 4.98 Å². The lowest BCUT2D eigenvalue weighted by atomic mass is 9.76. The van der Waals surface area contributed by atoms with Crippen LogP contribution in [-0.4, -0.2) is 167 Å². The average molecular weight is 1180 g/mol. The molecule has 1 aliphatic heterocycles. The maximum atomic E-state index is 14.4. The molecule has 5 atom stereocenters. The number of aryl methyl sites for hydroxylation is 1. The second-order valence-electron chi connectivity index (χ2n) is 25.8. The minimum atomic E-state index is -1.68. The summed E-state index contributed by atoms with van der Waals surface area (Å²) in [5.41, 5.74) is -4.29. The molecule has 1 aliphatic carbocycles. The molecule has 84 heavy (non-hydrogen) atoms. The highest BCUT2D eigenvalue weighted by Crippen LogP contribution is 2.32. The molecular weight excluding hydrogens is 1080 g/mol. The van der Waals surface area contributed by atoms with E-state index in [0.717, 1.165) is 19.3 Å². The van der Waals surface area contributed by atoms with Crippen molar-refractivity contribution in [3.63, 3.8) is 0 Å². The number of likely N-dealkylation sites (N-methyl/N-ethyl adjacent to an activating group) is 1. The molecule has 1 saturated heterocycles. The van der Waals surface area contributed by atoms with Crippen molar-refractivity contribution in [1.29, 1.82) is 0 Å². The minimum Gasteiger partial charge on any atom is -0.497 e. The van der Waals surface area contributed by atoms with Crippen LogP contribution in [0.2, 0.25) is 0 Å². The van der Waals surface area contributed by atoms with Crippen LogP contribution in [0.3, 0.4) is 0 Å². The first-order valence-electron chi connectivity index (χ1n) is 29.4. The Morgan fingerprint density at radius 2 is 1.19 bits per heavy atom. The Morgan fingerprint density at radius 3 is 1.67 bits per heavy atom. The Hall–Kier alpha value is -7.11. The number of nitrogens with zero attached hydrogens (tertiary/aromatic N) is 3. The van der Waals surface area contributed by atoms with Gasteiger partial charge in [-0.15, -0.1) is 0 Å². The van der Waals surface area contributed by atoms with Crippen molar-refractivity contribution in [1.82, 2.24) is 62.6 Å². The number of oxazole rings is 1. The van der Waals surface area contributed by atoms with E-state index in [0.29, 0.717) is 30.7 Å². The zero-order valence-corrected chi connectivity index (χ0v) is 52.4. The predicted molar refractivity (Wildman–Crippen MR) is 316 cm³/mol. The molecule has 0 radical (unpaired) electrons. The molecule has 2 fully saturated rings. The second-order valence-corrected chi connectivity index (χ2v) is 25.8. The number of carbonyl (C=O) groups excluding carboxylic acids is 10. The summed E-state index contributed by atoms with van der Waals surface area (Å²) in [4.78, 5) is 146. The van der Waals surface area contributed by atoms with Crippen LogP contribution in [0.4, 0.5) is 0 Å². The van der Waals surface area contributed by atoms with E-state index in [-0.39, 0.29) is 86.0 Å². The molecule has 1 saturated carbocycles. The zero-order chi connectivity index (χ0) is 63.1. The third-order valence-electron chi connectivity index (χ3n) is 14.9. The van der Waals surface area contributed by atoms with E-state index >= 15 is 0 Å². The van der Waals surface area contributed by atoms with Gasteiger partial charge in [-0.2, -0.15) is 0 Å². The molecule has 0 unspecified atom stereocenters. The predicted octanol–water partition coefficient (Wildman–Crippen LogP) is 2.71. The van der Waals surface area contributed by atoms with E-state index < -0.39 is 100.0 Å². The van der Waals surface area contributed by atoms with Crippen molar-refractivity contribution in [3.8, 4) is 5.75 Å². The summed E-state index contributed by atoms with van der Waals surface area (Å²) in [5.74, 6) is -5.56. The lowest BCUT2D eigenvalue weighted by Crippen LogP contribution is -2.65. The molecule has 2 heterocycles. The first-order chi connectivity index (χ1) is 39.1. The maximum Gasteiger partial charge on any atom is 0.276 e. The Balaban J connectivity index is 1.43. The molecule has 9 N–H and O–H groups in total. The van der Waals surface area contributed by atoms with E-state index in [9.17, 15) is 47.9 Å². The molecule has 0 bridgehead atoms. The number of amides is 10. The van der Waals surface area contributed by atoms with Gasteiger partial charge < -0.3 is 66.8 Å². The normalized spacial score (nSPS) is 16.6. The number of rotatable bonds is 31. The van der Waals surface area contributed by atoms with Crippen LogP contribution >= 0.6 is 0 Å². The summed E-state index contributed by atoms with van der Waals surface area (Å²) in [7, 11) is 5.42. The van der Waals surface area contributed by atoms with Crippen LogP contribution in [0.5, 0.6) is 5.75 Å². The summed E-state index contributed by atoms with van der Waals surface area (Å²) in [6, 6.07) is 1.19. The highest BCUT2D eigenvalue weighted by Gasteiger charge is 2.43. The summed E-state index contributed by atoms with van der Waals surface area (Å²) in [6.45, 7) is 22.6. The van der Waals surface area contributed by atoms with Gasteiger partial charge in [0.25, 0.3) is 5.91 Å². The zero-order valence-electron chi connectivity index (χ0n) is 52.4. The molecule has 468 valence electrons. The smallest absolute Gasteiger partial charge is 0.276 e. The van der Waals surface area contributed by atoms with E-state index in [2.05, 4.69) is 52.8 Å². The summed E-state index contributed by atoms with van der Waals surface area (Å²) >= 11 is 0. The van der Waals surface area contributed by atoms with Gasteiger partial charge in [0.1, 0.15) is 58.8 Å². The SMILES string of the molecule is COc1ccc(C[C@H](NC(=O)[C@@H]2CCCN2C(=O)c2coc(C)n2)C(=O)N[C@@H](CC(C)C)C(=O)NC(C)(C)C(=O)N[C@@H](CC(C)C)C(=O)N[C@@H](CC(C)C)C(=O)NC(C)(C)C(=O)NC(C)(C)C(=O)NCCC(=O)NC2(CN(C)C)CCC2)cc1.